The van der Waals surface area contributed by atoms with E-state index in [1.165, 1.54) is 0 Å². The summed E-state index contributed by atoms with van der Waals surface area (Å²) in [5, 5.41) is 8.54. The van der Waals surface area contributed by atoms with Crippen molar-refractivity contribution in [3.05, 3.63) is 58.9 Å². The van der Waals surface area contributed by atoms with Gasteiger partial charge in [0.05, 0.1) is 11.3 Å². The molecule has 3 rings (SSSR count). The molecule has 0 radical (unpaired) electrons. The lowest BCUT2D eigenvalue weighted by Crippen LogP contribution is -1.93. The van der Waals surface area contributed by atoms with Gasteiger partial charge in [0.2, 0.25) is 0 Å². The van der Waals surface area contributed by atoms with E-state index >= 15 is 0 Å². The SMILES string of the molecule is CC(=O)c1cn(-c2ccccc2)nc1-c1ccsc1. The highest BCUT2D eigenvalue weighted by atomic mass is 32.1. The third-order valence-corrected chi connectivity index (χ3v) is 3.59. The summed E-state index contributed by atoms with van der Waals surface area (Å²) in [6, 6.07) is 11.8. The summed E-state index contributed by atoms with van der Waals surface area (Å²) < 4.78 is 1.75. The van der Waals surface area contributed by atoms with Crippen molar-refractivity contribution >= 4 is 17.1 Å². The average Bonchev–Trinajstić information content (AvgIpc) is 3.08. The van der Waals surface area contributed by atoms with Crippen LogP contribution in [0.3, 0.4) is 0 Å². The largest absolute Gasteiger partial charge is 0.294 e. The van der Waals surface area contributed by atoms with Crippen molar-refractivity contribution in [2.45, 2.75) is 6.92 Å². The molecule has 94 valence electrons. The molecular weight excluding hydrogens is 256 g/mol. The van der Waals surface area contributed by atoms with Crippen LogP contribution in [0.5, 0.6) is 0 Å². The maximum absolute atomic E-state index is 11.8. The second kappa shape index (κ2) is 4.82. The Morgan fingerprint density at radius 1 is 1.21 bits per heavy atom. The molecular formula is C15H12N2OS. The van der Waals surface area contributed by atoms with Crippen LogP contribution in [0.2, 0.25) is 0 Å². The normalized spacial score (nSPS) is 10.6. The van der Waals surface area contributed by atoms with Crippen molar-refractivity contribution in [3.8, 4) is 16.9 Å². The third-order valence-electron chi connectivity index (χ3n) is 2.91. The highest BCUT2D eigenvalue weighted by Gasteiger charge is 2.15. The highest BCUT2D eigenvalue weighted by Crippen LogP contribution is 2.25. The van der Waals surface area contributed by atoms with E-state index in [4.69, 9.17) is 0 Å². The average molecular weight is 268 g/mol. The molecule has 0 saturated carbocycles. The van der Waals surface area contributed by atoms with Gasteiger partial charge < -0.3 is 0 Å². The first-order valence-electron chi connectivity index (χ1n) is 5.94. The quantitative estimate of drug-likeness (QED) is 0.677. The zero-order valence-electron chi connectivity index (χ0n) is 10.4. The van der Waals surface area contributed by atoms with Crippen LogP contribution in [0.4, 0.5) is 0 Å². The lowest BCUT2D eigenvalue weighted by molar-refractivity contribution is 0.101. The Morgan fingerprint density at radius 2 is 2.00 bits per heavy atom. The summed E-state index contributed by atoms with van der Waals surface area (Å²) in [6.07, 6.45) is 1.80. The first kappa shape index (κ1) is 11.9. The van der Waals surface area contributed by atoms with E-state index in [0.717, 1.165) is 16.9 Å². The minimum Gasteiger partial charge on any atom is -0.294 e. The number of carbonyl (C=O) groups excluding carboxylic acids is 1. The fourth-order valence-electron chi connectivity index (χ4n) is 1.96. The van der Waals surface area contributed by atoms with Crippen molar-refractivity contribution in [3.63, 3.8) is 0 Å². The second-order valence-electron chi connectivity index (χ2n) is 4.24. The van der Waals surface area contributed by atoms with Gasteiger partial charge in [-0.1, -0.05) is 18.2 Å². The van der Waals surface area contributed by atoms with Crippen LogP contribution in [0.15, 0.2) is 53.4 Å². The number of hydrogen-bond donors (Lipinski definition) is 0. The van der Waals surface area contributed by atoms with Crippen molar-refractivity contribution in [1.29, 1.82) is 0 Å². The fourth-order valence-corrected chi connectivity index (χ4v) is 2.60. The Balaban J connectivity index is 2.15. The minimum absolute atomic E-state index is 0.0309. The standard InChI is InChI=1S/C15H12N2OS/c1-11(18)14-9-17(13-5-3-2-4-6-13)16-15(14)12-7-8-19-10-12/h2-10H,1H3. The molecule has 0 amide bonds. The summed E-state index contributed by atoms with van der Waals surface area (Å²) in [5.41, 5.74) is 3.34. The number of aromatic nitrogens is 2. The number of Topliss-reactive ketones (excluding diaryl/α,β-unsaturated/α-hetero) is 1. The topological polar surface area (TPSA) is 34.9 Å². The molecule has 0 aliphatic heterocycles. The summed E-state index contributed by atoms with van der Waals surface area (Å²) in [5.74, 6) is 0.0309. The zero-order valence-corrected chi connectivity index (χ0v) is 11.2. The van der Waals surface area contributed by atoms with Gasteiger partial charge in [-0.3, -0.25) is 4.79 Å². The molecule has 0 N–H and O–H groups in total. The molecule has 0 bridgehead atoms. The van der Waals surface area contributed by atoms with Gasteiger partial charge in [-0.05, 0) is 30.5 Å². The fraction of sp³-hybridized carbons (Fsp3) is 0.0667. The maximum atomic E-state index is 11.8. The molecule has 0 aliphatic carbocycles. The molecule has 0 unspecified atom stereocenters. The predicted molar refractivity (Wildman–Crippen MR) is 76.9 cm³/mol. The Morgan fingerprint density at radius 3 is 2.63 bits per heavy atom. The van der Waals surface area contributed by atoms with E-state index in [9.17, 15) is 4.79 Å². The van der Waals surface area contributed by atoms with Crippen LogP contribution in [0.25, 0.3) is 16.9 Å². The van der Waals surface area contributed by atoms with Crippen LogP contribution >= 0.6 is 11.3 Å². The van der Waals surface area contributed by atoms with Crippen LogP contribution < -0.4 is 0 Å². The van der Waals surface area contributed by atoms with E-state index < -0.39 is 0 Å². The number of para-hydroxylation sites is 1. The van der Waals surface area contributed by atoms with Gasteiger partial charge in [-0.2, -0.15) is 16.4 Å². The van der Waals surface area contributed by atoms with Crippen LogP contribution in [0.1, 0.15) is 17.3 Å². The Hall–Kier alpha value is -2.20. The predicted octanol–water partition coefficient (Wildman–Crippen LogP) is 3.80. The van der Waals surface area contributed by atoms with Gasteiger partial charge in [-0.25, -0.2) is 4.68 Å². The molecule has 2 heterocycles. The molecule has 19 heavy (non-hydrogen) atoms. The number of ketones is 1. The molecule has 4 heteroatoms. The third kappa shape index (κ3) is 2.22. The zero-order chi connectivity index (χ0) is 13.2. The molecule has 0 fully saturated rings. The van der Waals surface area contributed by atoms with Gasteiger partial charge >= 0.3 is 0 Å². The maximum Gasteiger partial charge on any atom is 0.163 e. The first-order chi connectivity index (χ1) is 9.25. The number of hydrogen-bond acceptors (Lipinski definition) is 3. The van der Waals surface area contributed by atoms with Gasteiger partial charge in [0.25, 0.3) is 0 Å². The van der Waals surface area contributed by atoms with Crippen LogP contribution in [-0.4, -0.2) is 15.6 Å². The summed E-state index contributed by atoms with van der Waals surface area (Å²) in [4.78, 5) is 11.8. The van der Waals surface area contributed by atoms with E-state index in [2.05, 4.69) is 5.10 Å². The molecule has 0 atom stereocenters. The van der Waals surface area contributed by atoms with Crippen molar-refractivity contribution in [2.24, 2.45) is 0 Å². The number of benzene rings is 1. The van der Waals surface area contributed by atoms with E-state index in [-0.39, 0.29) is 5.78 Å². The minimum atomic E-state index is 0.0309. The molecule has 3 aromatic rings. The lowest BCUT2D eigenvalue weighted by Gasteiger charge is -1.99. The van der Waals surface area contributed by atoms with Gasteiger partial charge in [0.15, 0.2) is 5.78 Å². The summed E-state index contributed by atoms with van der Waals surface area (Å²) in [7, 11) is 0. The Bertz CT molecular complexity index is 699. The summed E-state index contributed by atoms with van der Waals surface area (Å²) >= 11 is 1.60. The Kier molecular flexibility index (Phi) is 3.01. The smallest absolute Gasteiger partial charge is 0.163 e. The molecule has 1 aromatic carbocycles. The van der Waals surface area contributed by atoms with Gasteiger partial charge in [0, 0.05) is 17.1 Å². The van der Waals surface area contributed by atoms with Crippen molar-refractivity contribution in [2.75, 3.05) is 0 Å². The van der Waals surface area contributed by atoms with Gasteiger partial charge in [-0.15, -0.1) is 0 Å². The van der Waals surface area contributed by atoms with Crippen LogP contribution in [-0.2, 0) is 0 Å². The number of thiophene rings is 1. The van der Waals surface area contributed by atoms with Crippen molar-refractivity contribution < 1.29 is 4.79 Å². The molecule has 0 aliphatic rings. The highest BCUT2D eigenvalue weighted by molar-refractivity contribution is 7.08. The molecule has 0 saturated heterocycles. The molecule has 3 nitrogen and oxygen atoms in total. The second-order valence-corrected chi connectivity index (χ2v) is 5.02. The van der Waals surface area contributed by atoms with E-state index in [1.54, 1.807) is 29.1 Å². The number of rotatable bonds is 3. The van der Waals surface area contributed by atoms with E-state index in [0.29, 0.717) is 5.56 Å². The van der Waals surface area contributed by atoms with E-state index in [1.807, 2.05) is 47.2 Å². The Labute approximate surface area is 115 Å². The molecule has 0 spiro atoms. The van der Waals surface area contributed by atoms with Crippen molar-refractivity contribution in [1.82, 2.24) is 9.78 Å². The monoisotopic (exact) mass is 268 g/mol. The summed E-state index contributed by atoms with van der Waals surface area (Å²) in [6.45, 7) is 1.57. The number of carbonyl (C=O) groups is 1. The van der Waals surface area contributed by atoms with Gasteiger partial charge in [0.1, 0.15) is 5.69 Å². The lowest BCUT2D eigenvalue weighted by atomic mass is 10.1. The van der Waals surface area contributed by atoms with Crippen LogP contribution in [0, 0.1) is 0 Å². The molecule has 2 aromatic heterocycles. The number of nitrogens with zero attached hydrogens (tertiary/aromatic N) is 2. The first-order valence-corrected chi connectivity index (χ1v) is 6.88.